The molecular formula is H12Al2Cr2F2Mg2Ni. The summed E-state index contributed by atoms with van der Waals surface area (Å²) in [7, 11) is 0. The standard InChI is InChI=1S/2Al.2Cr.2FH.2Mg.Ni.10H/h;;;;2*1H;;;;;;;;;;;;;. The maximum atomic E-state index is 0. The zero-order valence-electron chi connectivity index (χ0n) is 1.95. The van der Waals surface area contributed by atoms with Crippen molar-refractivity contribution >= 4 is 80.8 Å². The van der Waals surface area contributed by atoms with Crippen molar-refractivity contribution in [3.63, 3.8) is 0 Å². The molecular weight excluding hydrogens is 303 g/mol. The van der Waals surface area contributed by atoms with E-state index >= 15 is 0 Å². The second-order valence-corrected chi connectivity index (χ2v) is 0. The van der Waals surface area contributed by atoms with E-state index in [1.54, 1.807) is 0 Å². The van der Waals surface area contributed by atoms with Crippen molar-refractivity contribution in [2.24, 2.45) is 0 Å². The number of rotatable bonds is 0. The Morgan fingerprint density at radius 3 is 0.556 bits per heavy atom. The molecule has 0 aliphatic heterocycles. The number of halogens is 2. The maximum absolute atomic E-state index is 0. The summed E-state index contributed by atoms with van der Waals surface area (Å²) in [6.45, 7) is 0. The van der Waals surface area contributed by atoms with E-state index in [1.807, 2.05) is 0 Å². The van der Waals surface area contributed by atoms with E-state index in [4.69, 9.17) is 0 Å². The molecule has 9 heavy (non-hydrogen) atoms. The van der Waals surface area contributed by atoms with Gasteiger partial charge in [0.05, 0.1) is 0 Å². The molecule has 0 rings (SSSR count). The third-order valence-electron chi connectivity index (χ3n) is 0. The molecule has 58 valence electrons. The first-order valence-corrected chi connectivity index (χ1v) is 0. The van der Waals surface area contributed by atoms with Gasteiger partial charge in [0.25, 0.3) is 0 Å². The third-order valence-corrected chi connectivity index (χ3v) is 0. The van der Waals surface area contributed by atoms with Crippen molar-refractivity contribution in [1.29, 1.82) is 0 Å². The van der Waals surface area contributed by atoms with Crippen LogP contribution in [-0.4, -0.2) is 80.8 Å². The molecule has 0 aromatic carbocycles. The molecule has 0 radical (unpaired) electrons. The molecule has 0 N–H and O–H groups in total. The van der Waals surface area contributed by atoms with E-state index in [0.29, 0.717) is 0 Å². The summed E-state index contributed by atoms with van der Waals surface area (Å²) in [6, 6.07) is 0. The van der Waals surface area contributed by atoms with E-state index in [2.05, 4.69) is 0 Å². The summed E-state index contributed by atoms with van der Waals surface area (Å²) < 4.78 is 0. The molecule has 0 aromatic heterocycles. The quantitative estimate of drug-likeness (QED) is 0.401. The molecule has 0 amide bonds. The molecule has 0 saturated heterocycles. The van der Waals surface area contributed by atoms with Gasteiger partial charge in [-0.2, -0.15) is 0 Å². The Labute approximate surface area is 139 Å². The van der Waals surface area contributed by atoms with Gasteiger partial charge in [-0.25, -0.2) is 0 Å². The van der Waals surface area contributed by atoms with E-state index in [-0.39, 0.29) is 141 Å². The van der Waals surface area contributed by atoms with Crippen LogP contribution >= 0.6 is 0 Å². The Bertz CT molecular complexity index is 20.5. The van der Waals surface area contributed by atoms with Gasteiger partial charge in [0.1, 0.15) is 0 Å². The first-order chi connectivity index (χ1) is 0. The monoisotopic (exact) mass is 314 g/mol. The Kier molecular flexibility index (Phi) is 1170. The van der Waals surface area contributed by atoms with Crippen LogP contribution < -0.4 is 0 Å². The van der Waals surface area contributed by atoms with E-state index < -0.39 is 0 Å². The molecule has 0 heterocycles. The minimum absolute atomic E-state index is 0. The van der Waals surface area contributed by atoms with Gasteiger partial charge in [-0.05, 0) is 0 Å². The van der Waals surface area contributed by atoms with E-state index in [9.17, 15) is 0 Å². The van der Waals surface area contributed by atoms with Gasteiger partial charge in [-0.3, -0.25) is 9.41 Å². The predicted octanol–water partition coefficient (Wildman–Crippen LogP) is -3.90. The Hall–Kier alpha value is 4.02. The summed E-state index contributed by atoms with van der Waals surface area (Å²) in [4.78, 5) is 0. The van der Waals surface area contributed by atoms with Crippen molar-refractivity contribution in [2.45, 2.75) is 0 Å². The van der Waals surface area contributed by atoms with Crippen molar-refractivity contribution in [2.75, 3.05) is 0 Å². The minimum Gasteiger partial charge on any atom is -0.269 e. The fraction of sp³-hybridized carbons (Fsp3) is 0. The molecule has 0 saturated carbocycles. The summed E-state index contributed by atoms with van der Waals surface area (Å²) in [5.74, 6) is 0. The van der Waals surface area contributed by atoms with Crippen LogP contribution in [0.15, 0.2) is 0 Å². The maximum Gasteiger partial charge on any atom is 0.316 e. The molecule has 0 nitrogen and oxygen atoms in total. The number of hydrogen-bond donors (Lipinski definition) is 0. The average Bonchev–Trinajstić information content (AvgIpc) is 0. The zero-order chi connectivity index (χ0) is 0. The van der Waals surface area contributed by atoms with Crippen LogP contribution in [-0.2, 0) is 51.2 Å². The van der Waals surface area contributed by atoms with Gasteiger partial charge < -0.3 is 0 Å². The van der Waals surface area contributed by atoms with Crippen LogP contribution in [0.2, 0.25) is 0 Å². The third kappa shape index (κ3) is 74.7. The Morgan fingerprint density at radius 2 is 0.556 bits per heavy atom. The fourth-order valence-corrected chi connectivity index (χ4v) is 0. The topological polar surface area (TPSA) is 0 Å². The SMILES string of the molecule is F.F.[AlH3].[AlH3].[Cr].[Cr].[MgH2].[MgH2].[Ni]. The fourth-order valence-electron chi connectivity index (χ4n) is 0. The van der Waals surface area contributed by atoms with Crippen LogP contribution in [0.1, 0.15) is 0 Å². The minimum atomic E-state index is 0. The molecule has 0 bridgehead atoms. The van der Waals surface area contributed by atoms with Crippen molar-refractivity contribution in [3.05, 3.63) is 0 Å². The van der Waals surface area contributed by atoms with Crippen LogP contribution in [0.25, 0.3) is 0 Å². The van der Waals surface area contributed by atoms with Crippen LogP contribution in [0.3, 0.4) is 0 Å². The molecule has 9 heteroatoms. The smallest absolute Gasteiger partial charge is 0.269 e. The second-order valence-electron chi connectivity index (χ2n) is 0. The van der Waals surface area contributed by atoms with E-state index in [1.165, 1.54) is 0 Å². The van der Waals surface area contributed by atoms with Gasteiger partial charge in [0.2, 0.25) is 0 Å². The summed E-state index contributed by atoms with van der Waals surface area (Å²) in [5, 5.41) is 0. The van der Waals surface area contributed by atoms with Crippen molar-refractivity contribution < 1.29 is 60.6 Å². The summed E-state index contributed by atoms with van der Waals surface area (Å²) in [5.41, 5.74) is 0. The van der Waals surface area contributed by atoms with Crippen molar-refractivity contribution in [1.82, 2.24) is 0 Å². The average molecular weight is 315 g/mol. The molecule has 0 aliphatic rings. The van der Waals surface area contributed by atoms with Crippen molar-refractivity contribution in [3.8, 4) is 0 Å². The second kappa shape index (κ2) is 90.4. The van der Waals surface area contributed by atoms with Crippen LogP contribution in [0, 0.1) is 0 Å². The van der Waals surface area contributed by atoms with Gasteiger partial charge in [0, 0.05) is 51.2 Å². The molecule has 0 spiro atoms. The summed E-state index contributed by atoms with van der Waals surface area (Å²) in [6.07, 6.45) is 0. The molecule has 0 unspecified atom stereocenters. The normalized spacial score (nSPS) is 0. The molecule has 0 aromatic rings. The first kappa shape index (κ1) is 117. The molecule has 0 fully saturated rings. The van der Waals surface area contributed by atoms with Gasteiger partial charge in [-0.1, -0.05) is 0 Å². The first-order valence-electron chi connectivity index (χ1n) is 0. The van der Waals surface area contributed by atoms with E-state index in [0.717, 1.165) is 0 Å². The van der Waals surface area contributed by atoms with Crippen LogP contribution in [0.4, 0.5) is 9.41 Å². The molecule has 0 atom stereocenters. The largest absolute Gasteiger partial charge is 0.316 e. The molecule has 0 aliphatic carbocycles. The van der Waals surface area contributed by atoms with Gasteiger partial charge >= 0.3 is 46.1 Å². The Balaban J connectivity index is 0. The van der Waals surface area contributed by atoms with Crippen LogP contribution in [0.5, 0.6) is 0 Å². The Morgan fingerprint density at radius 1 is 0.556 bits per heavy atom. The predicted molar refractivity (Wildman–Crippen MR) is 42.0 cm³/mol. The van der Waals surface area contributed by atoms with Gasteiger partial charge in [-0.15, -0.1) is 0 Å². The number of hydrogen-bond acceptors (Lipinski definition) is 0. The zero-order valence-corrected chi connectivity index (χ0v) is 5.49. The summed E-state index contributed by atoms with van der Waals surface area (Å²) >= 11 is 0. The van der Waals surface area contributed by atoms with Gasteiger partial charge in [0.15, 0.2) is 34.7 Å².